The van der Waals surface area contributed by atoms with Crippen LogP contribution in [0, 0.1) is 0 Å². The number of hydrogen-bond donors (Lipinski definition) is 1. The summed E-state index contributed by atoms with van der Waals surface area (Å²) in [5.41, 5.74) is 2.73. The number of benzene rings is 2. The molecular weight excluding hydrogens is 352 g/mol. The highest BCUT2D eigenvalue weighted by Gasteiger charge is 2.07. The Kier molecular flexibility index (Phi) is 5.26. The van der Waals surface area contributed by atoms with Gasteiger partial charge in [-0.05, 0) is 57.9 Å². The van der Waals surface area contributed by atoms with Crippen molar-refractivity contribution in [1.29, 1.82) is 0 Å². The van der Waals surface area contributed by atoms with Gasteiger partial charge in [0.1, 0.15) is 0 Å². The Balaban J connectivity index is 2.00. The van der Waals surface area contributed by atoms with Gasteiger partial charge in [0.2, 0.25) is 0 Å². The van der Waals surface area contributed by atoms with Crippen LogP contribution in [0.2, 0.25) is 5.02 Å². The second-order valence-electron chi connectivity index (χ2n) is 4.88. The molecule has 0 aliphatic carbocycles. The van der Waals surface area contributed by atoms with Crippen molar-refractivity contribution < 1.29 is 4.79 Å². The summed E-state index contributed by atoms with van der Waals surface area (Å²) in [7, 11) is 3.48. The van der Waals surface area contributed by atoms with E-state index in [1.165, 1.54) is 0 Å². The van der Waals surface area contributed by atoms with E-state index in [4.69, 9.17) is 11.6 Å². The maximum atomic E-state index is 11.8. The van der Waals surface area contributed by atoms with Crippen LogP contribution in [0.1, 0.15) is 15.9 Å². The average Bonchev–Trinajstić information content (AvgIpc) is 2.48. The topological polar surface area (TPSA) is 32.3 Å². The van der Waals surface area contributed by atoms with E-state index >= 15 is 0 Å². The second kappa shape index (κ2) is 6.96. The molecule has 0 saturated carbocycles. The number of carbonyl (C=O) groups is 1. The van der Waals surface area contributed by atoms with E-state index in [0.717, 1.165) is 15.7 Å². The van der Waals surface area contributed by atoms with E-state index < -0.39 is 0 Å². The van der Waals surface area contributed by atoms with Crippen LogP contribution in [-0.2, 0) is 6.54 Å². The van der Waals surface area contributed by atoms with Crippen molar-refractivity contribution in [3.63, 3.8) is 0 Å². The predicted molar refractivity (Wildman–Crippen MR) is 90.9 cm³/mol. The summed E-state index contributed by atoms with van der Waals surface area (Å²) in [6.45, 7) is 0.675. The highest BCUT2D eigenvalue weighted by atomic mass is 79.9. The van der Waals surface area contributed by atoms with Gasteiger partial charge in [-0.1, -0.05) is 17.7 Å². The molecule has 0 heterocycles. The third-order valence-electron chi connectivity index (χ3n) is 3.02. The van der Waals surface area contributed by atoms with Crippen LogP contribution >= 0.6 is 27.5 Å². The normalized spacial score (nSPS) is 10.3. The zero-order chi connectivity index (χ0) is 15.4. The van der Waals surface area contributed by atoms with Crippen molar-refractivity contribution in [2.24, 2.45) is 0 Å². The monoisotopic (exact) mass is 366 g/mol. The molecule has 0 aromatic heterocycles. The van der Waals surface area contributed by atoms with Gasteiger partial charge in [-0.15, -0.1) is 0 Å². The van der Waals surface area contributed by atoms with Crippen LogP contribution in [0.15, 0.2) is 46.9 Å². The first kappa shape index (κ1) is 15.9. The quantitative estimate of drug-likeness (QED) is 0.868. The Morgan fingerprint density at radius 1 is 1.19 bits per heavy atom. The molecule has 0 atom stereocenters. The molecule has 3 nitrogen and oxygen atoms in total. The van der Waals surface area contributed by atoms with Gasteiger partial charge in [-0.2, -0.15) is 0 Å². The van der Waals surface area contributed by atoms with Gasteiger partial charge >= 0.3 is 0 Å². The van der Waals surface area contributed by atoms with Crippen molar-refractivity contribution in [3.8, 4) is 0 Å². The predicted octanol–water partition coefficient (Wildman–Crippen LogP) is 4.42. The van der Waals surface area contributed by atoms with Crippen LogP contribution in [0.4, 0.5) is 5.69 Å². The minimum absolute atomic E-state index is 0.00115. The molecule has 21 heavy (non-hydrogen) atoms. The number of nitrogens with zero attached hydrogens (tertiary/aromatic N) is 1. The molecule has 0 saturated heterocycles. The largest absolute Gasteiger partial charge is 0.381 e. The standard InChI is InChI=1S/C16H16BrClN2O/c1-20(2)16(21)12-4-6-13(7-5-12)19-10-11-3-8-14(17)15(18)9-11/h3-9,19H,10H2,1-2H3. The highest BCUT2D eigenvalue weighted by molar-refractivity contribution is 9.10. The molecule has 2 aromatic rings. The Morgan fingerprint density at radius 2 is 1.86 bits per heavy atom. The number of anilines is 1. The Hall–Kier alpha value is -1.52. The maximum Gasteiger partial charge on any atom is 0.253 e. The van der Waals surface area contributed by atoms with Gasteiger partial charge in [0, 0.05) is 36.4 Å². The molecule has 0 fully saturated rings. The number of rotatable bonds is 4. The van der Waals surface area contributed by atoms with Gasteiger partial charge in [0.25, 0.3) is 5.91 Å². The lowest BCUT2D eigenvalue weighted by Crippen LogP contribution is -2.21. The lowest BCUT2D eigenvalue weighted by atomic mass is 10.1. The van der Waals surface area contributed by atoms with E-state index in [2.05, 4.69) is 21.2 Å². The van der Waals surface area contributed by atoms with Gasteiger partial charge < -0.3 is 10.2 Å². The van der Waals surface area contributed by atoms with Gasteiger partial charge in [-0.25, -0.2) is 0 Å². The molecular formula is C16H16BrClN2O. The molecule has 2 aromatic carbocycles. The third kappa shape index (κ3) is 4.22. The lowest BCUT2D eigenvalue weighted by molar-refractivity contribution is 0.0827. The molecule has 1 amide bonds. The molecule has 0 aliphatic heterocycles. The van der Waals surface area contributed by atoms with Crippen molar-refractivity contribution in [2.75, 3.05) is 19.4 Å². The maximum absolute atomic E-state index is 11.8. The summed E-state index contributed by atoms with van der Waals surface area (Å²) in [6.07, 6.45) is 0. The summed E-state index contributed by atoms with van der Waals surface area (Å²) < 4.78 is 0.888. The first-order valence-electron chi connectivity index (χ1n) is 6.47. The summed E-state index contributed by atoms with van der Waals surface area (Å²) in [5.74, 6) is 0.00115. The molecule has 5 heteroatoms. The number of halogens is 2. The van der Waals surface area contributed by atoms with E-state index in [1.54, 1.807) is 19.0 Å². The highest BCUT2D eigenvalue weighted by Crippen LogP contribution is 2.23. The van der Waals surface area contributed by atoms with Crippen molar-refractivity contribution in [3.05, 3.63) is 63.1 Å². The molecule has 0 bridgehead atoms. The number of nitrogens with one attached hydrogen (secondary N) is 1. The number of hydrogen-bond acceptors (Lipinski definition) is 2. The smallest absolute Gasteiger partial charge is 0.253 e. The third-order valence-corrected chi connectivity index (χ3v) is 4.25. The molecule has 0 unspecified atom stereocenters. The van der Waals surface area contributed by atoms with Crippen LogP contribution in [0.3, 0.4) is 0 Å². The fourth-order valence-corrected chi connectivity index (χ4v) is 2.29. The Morgan fingerprint density at radius 3 is 2.43 bits per heavy atom. The zero-order valence-corrected chi connectivity index (χ0v) is 14.2. The first-order chi connectivity index (χ1) is 9.97. The Labute approximate surface area is 138 Å². The summed E-state index contributed by atoms with van der Waals surface area (Å²) in [5, 5.41) is 4.00. The molecule has 1 N–H and O–H groups in total. The summed E-state index contributed by atoms with van der Waals surface area (Å²) >= 11 is 9.43. The molecule has 110 valence electrons. The molecule has 0 radical (unpaired) electrons. The van der Waals surface area contributed by atoms with E-state index in [0.29, 0.717) is 17.1 Å². The summed E-state index contributed by atoms with van der Waals surface area (Å²) in [6, 6.07) is 13.3. The number of amides is 1. The van der Waals surface area contributed by atoms with Gasteiger partial charge in [0.05, 0.1) is 5.02 Å². The summed E-state index contributed by atoms with van der Waals surface area (Å²) in [4.78, 5) is 13.4. The van der Waals surface area contributed by atoms with Crippen molar-refractivity contribution >= 4 is 39.1 Å². The fraction of sp³-hybridized carbons (Fsp3) is 0.188. The fourth-order valence-electron chi connectivity index (χ4n) is 1.84. The van der Waals surface area contributed by atoms with Gasteiger partial charge in [-0.3, -0.25) is 4.79 Å². The average molecular weight is 368 g/mol. The molecule has 2 rings (SSSR count). The van der Waals surface area contributed by atoms with Crippen LogP contribution < -0.4 is 5.32 Å². The minimum atomic E-state index is 0.00115. The van der Waals surface area contributed by atoms with E-state index in [1.807, 2.05) is 42.5 Å². The molecule has 0 spiro atoms. The van der Waals surface area contributed by atoms with Crippen LogP contribution in [0.25, 0.3) is 0 Å². The molecule has 0 aliphatic rings. The lowest BCUT2D eigenvalue weighted by Gasteiger charge is -2.11. The van der Waals surface area contributed by atoms with Crippen molar-refractivity contribution in [1.82, 2.24) is 4.90 Å². The van der Waals surface area contributed by atoms with Crippen molar-refractivity contribution in [2.45, 2.75) is 6.54 Å². The first-order valence-corrected chi connectivity index (χ1v) is 7.64. The second-order valence-corrected chi connectivity index (χ2v) is 6.14. The SMILES string of the molecule is CN(C)C(=O)c1ccc(NCc2ccc(Br)c(Cl)c2)cc1. The number of carbonyl (C=O) groups excluding carboxylic acids is 1. The minimum Gasteiger partial charge on any atom is -0.381 e. The van der Waals surface area contributed by atoms with E-state index in [9.17, 15) is 4.79 Å². The van der Waals surface area contributed by atoms with Crippen LogP contribution in [-0.4, -0.2) is 24.9 Å². The van der Waals surface area contributed by atoms with Crippen LogP contribution in [0.5, 0.6) is 0 Å². The Bertz CT molecular complexity index is 641. The zero-order valence-electron chi connectivity index (χ0n) is 11.9. The van der Waals surface area contributed by atoms with E-state index in [-0.39, 0.29) is 5.91 Å². The van der Waals surface area contributed by atoms with Gasteiger partial charge in [0.15, 0.2) is 0 Å².